The summed E-state index contributed by atoms with van der Waals surface area (Å²) in [5.41, 5.74) is -0.650. The Kier molecular flexibility index (Phi) is 4.90. The zero-order valence-electron chi connectivity index (χ0n) is 16.3. The Balaban J connectivity index is 1.57. The van der Waals surface area contributed by atoms with Crippen molar-refractivity contribution < 1.29 is 18.0 Å². The van der Waals surface area contributed by atoms with Gasteiger partial charge in [-0.05, 0) is 37.1 Å². The second-order valence-electron chi connectivity index (χ2n) is 7.92. The van der Waals surface area contributed by atoms with Gasteiger partial charge < -0.3 is 10.2 Å². The van der Waals surface area contributed by atoms with Crippen molar-refractivity contribution in [1.29, 1.82) is 0 Å². The Morgan fingerprint density at radius 3 is 2.74 bits per heavy atom. The number of carbonyl (C=O) groups excluding carboxylic acids is 1. The Morgan fingerprint density at radius 2 is 2.00 bits per heavy atom. The molecule has 10 heteroatoms. The lowest BCUT2D eigenvalue weighted by Crippen LogP contribution is -2.67. The molecule has 1 N–H and O–H groups in total. The molecule has 2 saturated heterocycles. The maximum Gasteiger partial charge on any atom is 0.417 e. The Bertz CT molecular complexity index is 1050. The summed E-state index contributed by atoms with van der Waals surface area (Å²) in [5, 5.41) is 8.75. The number of rotatable bonds is 2. The number of nitrogens with one attached hydrogen (secondary N) is 1. The number of amidine groups is 1. The molecule has 2 aromatic rings. The van der Waals surface area contributed by atoms with Crippen molar-refractivity contribution in [1.82, 2.24) is 20.2 Å². The van der Waals surface area contributed by atoms with E-state index in [0.29, 0.717) is 18.1 Å². The molecule has 1 amide bonds. The molecule has 0 radical (unpaired) electrons. The van der Waals surface area contributed by atoms with Gasteiger partial charge in [0.2, 0.25) is 0 Å². The van der Waals surface area contributed by atoms with E-state index < -0.39 is 28.8 Å². The number of fused-ring (bicyclic) bond motifs is 4. The molecular formula is C21H19ClF3N5O. The summed E-state index contributed by atoms with van der Waals surface area (Å²) < 4.78 is 40.0. The normalized spacial score (nSPS) is 25.3. The van der Waals surface area contributed by atoms with E-state index in [9.17, 15) is 18.0 Å². The molecule has 5 rings (SSSR count). The van der Waals surface area contributed by atoms with Crippen LogP contribution in [0.2, 0.25) is 5.02 Å². The average Bonchev–Trinajstić information content (AvgIpc) is 3.13. The van der Waals surface area contributed by atoms with Gasteiger partial charge in [0.15, 0.2) is 5.84 Å². The summed E-state index contributed by atoms with van der Waals surface area (Å²) in [6.07, 6.45) is -0.602. The van der Waals surface area contributed by atoms with Crippen LogP contribution in [-0.4, -0.2) is 51.4 Å². The van der Waals surface area contributed by atoms with Crippen molar-refractivity contribution in [2.75, 3.05) is 6.54 Å². The minimum Gasteiger partial charge on any atom is -0.328 e. The number of alkyl halides is 3. The van der Waals surface area contributed by atoms with Gasteiger partial charge in [-0.15, -0.1) is 5.10 Å². The molecule has 1 aromatic carbocycles. The quantitative estimate of drug-likeness (QED) is 0.759. The summed E-state index contributed by atoms with van der Waals surface area (Å²) >= 11 is 6.04. The molecule has 3 aliphatic rings. The highest BCUT2D eigenvalue weighted by atomic mass is 35.5. The molecule has 0 spiro atoms. The van der Waals surface area contributed by atoms with E-state index in [2.05, 4.69) is 15.4 Å². The minimum atomic E-state index is -4.66. The third-order valence-electron chi connectivity index (χ3n) is 5.98. The number of hydrogen-bond acceptors (Lipinski definition) is 5. The molecule has 2 bridgehead atoms. The standard InChI is InChI=1S/C21H19ClF3N5O/c22-17-13(6-4-7-14(17)21(23,24)25)20(31)30-19-16-9-3-5-12(27-16)11-29(19)18(28-30)15-8-1-2-10-26-15/h1-2,4,6-8,10,12,16,19,27H,3,5,9,11H2. The van der Waals surface area contributed by atoms with E-state index in [1.807, 2.05) is 11.0 Å². The number of hydrogen-bond donors (Lipinski definition) is 1. The third kappa shape index (κ3) is 3.45. The van der Waals surface area contributed by atoms with E-state index in [4.69, 9.17) is 11.6 Å². The number of pyridine rings is 1. The number of nitrogens with zero attached hydrogens (tertiary/aromatic N) is 4. The van der Waals surface area contributed by atoms with Gasteiger partial charge in [0, 0.05) is 24.8 Å². The Morgan fingerprint density at radius 1 is 1.16 bits per heavy atom. The van der Waals surface area contributed by atoms with Crippen LogP contribution in [0.25, 0.3) is 0 Å². The molecule has 162 valence electrons. The van der Waals surface area contributed by atoms with Crippen molar-refractivity contribution in [2.24, 2.45) is 5.10 Å². The van der Waals surface area contributed by atoms with Crippen molar-refractivity contribution >= 4 is 23.3 Å². The van der Waals surface area contributed by atoms with Crippen LogP contribution in [0.5, 0.6) is 0 Å². The summed E-state index contributed by atoms with van der Waals surface area (Å²) in [4.78, 5) is 19.8. The average molecular weight is 450 g/mol. The predicted molar refractivity (Wildman–Crippen MR) is 108 cm³/mol. The summed E-state index contributed by atoms with van der Waals surface area (Å²) in [5.74, 6) is -0.122. The number of hydrazone groups is 1. The van der Waals surface area contributed by atoms with Gasteiger partial charge in [0.1, 0.15) is 11.9 Å². The number of carbonyl (C=O) groups is 1. The predicted octanol–water partition coefficient (Wildman–Crippen LogP) is 3.72. The van der Waals surface area contributed by atoms with Crippen LogP contribution < -0.4 is 5.32 Å². The number of amides is 1. The monoisotopic (exact) mass is 449 g/mol. The first kappa shape index (κ1) is 20.3. The molecule has 3 aliphatic heterocycles. The van der Waals surface area contributed by atoms with Crippen molar-refractivity contribution in [3.63, 3.8) is 0 Å². The highest BCUT2D eigenvalue weighted by Crippen LogP contribution is 2.38. The van der Waals surface area contributed by atoms with Gasteiger partial charge >= 0.3 is 6.18 Å². The van der Waals surface area contributed by atoms with Crippen LogP contribution >= 0.6 is 11.6 Å². The first-order valence-electron chi connectivity index (χ1n) is 10.1. The Hall–Kier alpha value is -2.65. The summed E-state index contributed by atoms with van der Waals surface area (Å²) in [6, 6.07) is 8.99. The summed E-state index contributed by atoms with van der Waals surface area (Å²) in [7, 11) is 0. The highest BCUT2D eigenvalue weighted by molar-refractivity contribution is 6.34. The van der Waals surface area contributed by atoms with E-state index >= 15 is 0 Å². The highest BCUT2D eigenvalue weighted by Gasteiger charge is 2.49. The topological polar surface area (TPSA) is 60.8 Å². The van der Waals surface area contributed by atoms with Crippen LogP contribution in [0.15, 0.2) is 47.7 Å². The maximum absolute atomic E-state index is 13.4. The van der Waals surface area contributed by atoms with Crippen LogP contribution in [0.4, 0.5) is 13.2 Å². The fourth-order valence-electron chi connectivity index (χ4n) is 4.63. The van der Waals surface area contributed by atoms with Gasteiger partial charge in [0.05, 0.1) is 16.1 Å². The zero-order valence-corrected chi connectivity index (χ0v) is 17.1. The maximum atomic E-state index is 13.4. The molecular weight excluding hydrogens is 431 g/mol. The second kappa shape index (κ2) is 7.49. The molecule has 31 heavy (non-hydrogen) atoms. The van der Waals surface area contributed by atoms with Gasteiger partial charge in [-0.25, -0.2) is 5.01 Å². The van der Waals surface area contributed by atoms with Crippen LogP contribution in [-0.2, 0) is 6.18 Å². The number of piperazine rings is 1. The van der Waals surface area contributed by atoms with Gasteiger partial charge in [-0.1, -0.05) is 30.2 Å². The number of benzene rings is 1. The van der Waals surface area contributed by atoms with E-state index in [1.54, 1.807) is 18.3 Å². The fourth-order valence-corrected chi connectivity index (χ4v) is 4.94. The lowest BCUT2D eigenvalue weighted by molar-refractivity contribution is -0.137. The molecule has 2 fully saturated rings. The van der Waals surface area contributed by atoms with Crippen LogP contribution in [0.1, 0.15) is 40.9 Å². The van der Waals surface area contributed by atoms with E-state index in [-0.39, 0.29) is 17.6 Å². The molecule has 3 atom stereocenters. The van der Waals surface area contributed by atoms with Crippen LogP contribution in [0, 0.1) is 0 Å². The molecule has 6 nitrogen and oxygen atoms in total. The van der Waals surface area contributed by atoms with E-state index in [0.717, 1.165) is 25.3 Å². The molecule has 3 unspecified atom stereocenters. The summed E-state index contributed by atoms with van der Waals surface area (Å²) in [6.45, 7) is 0.636. The molecule has 0 saturated carbocycles. The van der Waals surface area contributed by atoms with Gasteiger partial charge in [-0.2, -0.15) is 13.2 Å². The third-order valence-corrected chi connectivity index (χ3v) is 6.38. The minimum absolute atomic E-state index is 0.0500. The zero-order chi connectivity index (χ0) is 21.8. The lowest BCUT2D eigenvalue weighted by Gasteiger charge is -2.47. The molecule has 1 aromatic heterocycles. The van der Waals surface area contributed by atoms with Crippen LogP contribution in [0.3, 0.4) is 0 Å². The molecule has 4 heterocycles. The SMILES string of the molecule is O=C(c1cccc(C(F)(F)F)c1Cl)N1N=C(c2ccccn2)N2CC3CCCC(N3)C21. The second-order valence-corrected chi connectivity index (χ2v) is 8.30. The number of aromatic nitrogens is 1. The van der Waals surface area contributed by atoms with Crippen molar-refractivity contribution in [3.8, 4) is 0 Å². The first-order valence-corrected chi connectivity index (χ1v) is 10.4. The van der Waals surface area contributed by atoms with Gasteiger partial charge in [0.25, 0.3) is 5.91 Å². The van der Waals surface area contributed by atoms with Crippen molar-refractivity contribution in [3.05, 3.63) is 64.4 Å². The molecule has 0 aliphatic carbocycles. The fraction of sp³-hybridized carbons (Fsp3) is 0.381. The number of halogens is 4. The number of piperidine rings is 1. The largest absolute Gasteiger partial charge is 0.417 e. The van der Waals surface area contributed by atoms with Gasteiger partial charge in [-0.3, -0.25) is 9.78 Å². The Labute approximate surface area is 181 Å². The lowest BCUT2D eigenvalue weighted by atomic mass is 9.91. The van der Waals surface area contributed by atoms with E-state index in [1.165, 1.54) is 17.1 Å². The van der Waals surface area contributed by atoms with Crippen molar-refractivity contribution in [2.45, 2.75) is 43.7 Å². The smallest absolute Gasteiger partial charge is 0.328 e. The first-order chi connectivity index (χ1) is 14.8.